The van der Waals surface area contributed by atoms with Crippen LogP contribution in [-0.4, -0.2) is 35.3 Å². The number of allylic oxidation sites excluding steroid dienone is 1. The lowest BCUT2D eigenvalue weighted by atomic mass is 9.90. The zero-order valence-corrected chi connectivity index (χ0v) is 25.7. The van der Waals surface area contributed by atoms with Gasteiger partial charge in [-0.05, 0) is 54.4 Å². The molecule has 9 nitrogen and oxygen atoms in total. The van der Waals surface area contributed by atoms with Crippen molar-refractivity contribution in [3.63, 3.8) is 0 Å². The van der Waals surface area contributed by atoms with Crippen LogP contribution in [0.2, 0.25) is 0 Å². The van der Waals surface area contributed by atoms with Crippen molar-refractivity contribution in [1.82, 2.24) is 4.57 Å². The van der Waals surface area contributed by atoms with E-state index in [1.54, 1.807) is 48.9 Å². The van der Waals surface area contributed by atoms with Crippen LogP contribution in [-0.2, 0) is 9.53 Å². The van der Waals surface area contributed by atoms with Crippen molar-refractivity contribution in [2.24, 2.45) is 4.99 Å². The third-order valence-electron chi connectivity index (χ3n) is 7.61. The van der Waals surface area contributed by atoms with Gasteiger partial charge in [0.2, 0.25) is 0 Å². The SMILES string of the molecule is CCCC1=C(C(=O)OCC)[C@@H](c2c(OC)ccc3ccccc23)n2c(s/c(=C\c3ccc(-c4cccc(C(=O)O)c4)o3)c2=O)=N1. The van der Waals surface area contributed by atoms with Gasteiger partial charge in [-0.2, -0.15) is 0 Å². The Morgan fingerprint density at radius 1 is 1.07 bits per heavy atom. The number of hydrogen-bond donors (Lipinski definition) is 1. The van der Waals surface area contributed by atoms with E-state index in [0.29, 0.717) is 55.4 Å². The summed E-state index contributed by atoms with van der Waals surface area (Å²) in [6.45, 7) is 3.92. The summed E-state index contributed by atoms with van der Waals surface area (Å²) >= 11 is 1.21. The normalized spacial score (nSPS) is 14.7. The van der Waals surface area contributed by atoms with E-state index in [2.05, 4.69) is 0 Å². The van der Waals surface area contributed by atoms with Crippen LogP contribution in [0.4, 0.5) is 0 Å². The quantitative estimate of drug-likeness (QED) is 0.210. The highest BCUT2D eigenvalue weighted by Gasteiger charge is 2.37. The van der Waals surface area contributed by atoms with E-state index >= 15 is 0 Å². The number of fused-ring (bicyclic) bond motifs is 2. The standard InChI is InChI=1S/C35H30N2O7S/c1-4-9-25-30(34(41)43-5-2)31(29-24-13-7-6-10-20(24)14-16-27(29)42-3)37-32(38)28(45-35(37)36-25)19-23-15-17-26(44-23)21-11-8-12-22(18-21)33(39)40/h6-8,10-19,31H,4-5,9H2,1-3H3,(H,39,40)/b28-19-/t31-/m1/s1. The van der Waals surface area contributed by atoms with Crippen LogP contribution >= 0.6 is 11.3 Å². The Bertz CT molecular complexity index is 2170. The molecule has 0 unspecified atom stereocenters. The topological polar surface area (TPSA) is 120 Å². The molecular weight excluding hydrogens is 592 g/mol. The van der Waals surface area contributed by atoms with Gasteiger partial charge in [-0.1, -0.05) is 67.1 Å². The molecule has 0 bridgehead atoms. The number of carbonyl (C=O) groups is 2. The lowest BCUT2D eigenvalue weighted by Gasteiger charge is -2.28. The molecule has 1 aliphatic rings. The smallest absolute Gasteiger partial charge is 0.338 e. The fourth-order valence-corrected chi connectivity index (χ4v) is 6.65. The molecule has 2 aromatic heterocycles. The summed E-state index contributed by atoms with van der Waals surface area (Å²) in [4.78, 5) is 44.7. The number of aromatic nitrogens is 1. The second kappa shape index (κ2) is 12.4. The van der Waals surface area contributed by atoms with Crippen molar-refractivity contribution in [1.29, 1.82) is 0 Å². The number of aromatic carboxylic acids is 1. The maximum atomic E-state index is 14.3. The highest BCUT2D eigenvalue weighted by atomic mass is 32.1. The molecule has 45 heavy (non-hydrogen) atoms. The van der Waals surface area contributed by atoms with E-state index in [4.69, 9.17) is 18.9 Å². The number of carbonyl (C=O) groups excluding carboxylic acids is 1. The summed E-state index contributed by atoms with van der Waals surface area (Å²) in [5.74, 6) is -0.156. The molecule has 0 amide bonds. The average Bonchev–Trinajstić information content (AvgIpc) is 3.64. The minimum Gasteiger partial charge on any atom is -0.496 e. The van der Waals surface area contributed by atoms with Crippen LogP contribution in [0.1, 0.15) is 54.4 Å². The molecule has 1 aliphatic heterocycles. The molecule has 1 N–H and O–H groups in total. The Labute approximate surface area is 262 Å². The highest BCUT2D eigenvalue weighted by Crippen LogP contribution is 2.41. The predicted molar refractivity (Wildman–Crippen MR) is 171 cm³/mol. The molecular formula is C35H30N2O7S. The van der Waals surface area contributed by atoms with Crippen molar-refractivity contribution in [3.05, 3.63) is 121 Å². The van der Waals surface area contributed by atoms with Gasteiger partial charge in [-0.15, -0.1) is 0 Å². The molecule has 0 fully saturated rings. The summed E-state index contributed by atoms with van der Waals surface area (Å²) in [6.07, 6.45) is 2.88. The number of nitrogens with zero attached hydrogens (tertiary/aromatic N) is 2. The number of hydrogen-bond acceptors (Lipinski definition) is 8. The number of furan rings is 1. The van der Waals surface area contributed by atoms with Crippen LogP contribution in [0.5, 0.6) is 5.75 Å². The molecule has 10 heteroatoms. The summed E-state index contributed by atoms with van der Waals surface area (Å²) in [5.41, 5.74) is 1.95. The van der Waals surface area contributed by atoms with E-state index in [1.807, 2.05) is 43.3 Å². The van der Waals surface area contributed by atoms with Gasteiger partial charge >= 0.3 is 11.9 Å². The second-order valence-electron chi connectivity index (χ2n) is 10.4. The predicted octanol–water partition coefficient (Wildman–Crippen LogP) is 5.70. The number of benzene rings is 3. The van der Waals surface area contributed by atoms with Crippen molar-refractivity contribution in [2.45, 2.75) is 32.7 Å². The van der Waals surface area contributed by atoms with Crippen molar-refractivity contribution in [3.8, 4) is 17.1 Å². The zero-order chi connectivity index (χ0) is 31.7. The van der Waals surface area contributed by atoms with Gasteiger partial charge in [0.1, 0.15) is 23.3 Å². The highest BCUT2D eigenvalue weighted by molar-refractivity contribution is 7.07. The first kappa shape index (κ1) is 29.8. The van der Waals surface area contributed by atoms with Gasteiger partial charge in [0.25, 0.3) is 5.56 Å². The molecule has 1 atom stereocenters. The third-order valence-corrected chi connectivity index (χ3v) is 8.59. The fraction of sp³-hybridized carbons (Fsp3) is 0.200. The lowest BCUT2D eigenvalue weighted by Crippen LogP contribution is -2.40. The Balaban J connectivity index is 1.58. The average molecular weight is 623 g/mol. The summed E-state index contributed by atoms with van der Waals surface area (Å²) < 4.78 is 19.3. The Morgan fingerprint density at radius 3 is 2.64 bits per heavy atom. The molecule has 0 spiro atoms. The number of esters is 1. The van der Waals surface area contributed by atoms with E-state index in [1.165, 1.54) is 23.5 Å². The Kier molecular flexibility index (Phi) is 8.23. The number of thiazole rings is 1. The van der Waals surface area contributed by atoms with Crippen LogP contribution in [0.3, 0.4) is 0 Å². The largest absolute Gasteiger partial charge is 0.496 e. The number of carboxylic acids is 1. The van der Waals surface area contributed by atoms with E-state index in [0.717, 1.165) is 17.2 Å². The second-order valence-corrected chi connectivity index (χ2v) is 11.4. The molecule has 6 rings (SSSR count). The molecule has 228 valence electrons. The van der Waals surface area contributed by atoms with E-state index in [-0.39, 0.29) is 17.7 Å². The third kappa shape index (κ3) is 5.49. The summed E-state index contributed by atoms with van der Waals surface area (Å²) in [5, 5.41) is 11.2. The van der Waals surface area contributed by atoms with Gasteiger partial charge < -0.3 is 19.0 Å². The number of methoxy groups -OCH3 is 1. The van der Waals surface area contributed by atoms with Gasteiger partial charge in [-0.3, -0.25) is 9.36 Å². The maximum absolute atomic E-state index is 14.3. The van der Waals surface area contributed by atoms with Crippen LogP contribution in [0.25, 0.3) is 28.2 Å². The van der Waals surface area contributed by atoms with Crippen LogP contribution in [0, 0.1) is 0 Å². The first-order valence-electron chi connectivity index (χ1n) is 14.6. The molecule has 0 aliphatic carbocycles. The van der Waals surface area contributed by atoms with Crippen molar-refractivity contribution < 1.29 is 28.6 Å². The molecule has 3 aromatic carbocycles. The summed E-state index contributed by atoms with van der Waals surface area (Å²) in [6, 6.07) is 20.6. The van der Waals surface area contributed by atoms with Crippen LogP contribution < -0.4 is 19.6 Å². The molecule has 3 heterocycles. The molecule has 5 aromatic rings. The first-order valence-corrected chi connectivity index (χ1v) is 15.4. The first-order chi connectivity index (χ1) is 21.8. The Morgan fingerprint density at radius 2 is 1.89 bits per heavy atom. The van der Waals surface area contributed by atoms with E-state index < -0.39 is 18.0 Å². The fourth-order valence-electron chi connectivity index (χ4n) is 5.65. The molecule has 0 saturated heterocycles. The number of rotatable bonds is 9. The minimum atomic E-state index is -1.04. The number of carboxylic acid groups (broad SMARTS) is 1. The van der Waals surface area contributed by atoms with Crippen molar-refractivity contribution >= 4 is 40.1 Å². The van der Waals surface area contributed by atoms with Gasteiger partial charge in [0.15, 0.2) is 4.80 Å². The summed E-state index contributed by atoms with van der Waals surface area (Å²) in [7, 11) is 1.57. The van der Waals surface area contributed by atoms with Gasteiger partial charge in [0, 0.05) is 17.2 Å². The molecule has 0 saturated carbocycles. The van der Waals surface area contributed by atoms with Gasteiger partial charge in [0.05, 0.1) is 35.1 Å². The maximum Gasteiger partial charge on any atom is 0.338 e. The lowest BCUT2D eigenvalue weighted by molar-refractivity contribution is -0.139. The Hall–Kier alpha value is -5.22. The number of ether oxygens (including phenoxy) is 2. The molecule has 0 radical (unpaired) electrons. The van der Waals surface area contributed by atoms with Gasteiger partial charge in [-0.25, -0.2) is 14.6 Å². The zero-order valence-electron chi connectivity index (χ0n) is 24.9. The van der Waals surface area contributed by atoms with E-state index in [9.17, 15) is 19.5 Å². The minimum absolute atomic E-state index is 0.142. The monoisotopic (exact) mass is 622 g/mol. The van der Waals surface area contributed by atoms with Crippen LogP contribution in [0.15, 0.2) is 98.3 Å². The van der Waals surface area contributed by atoms with Crippen molar-refractivity contribution in [2.75, 3.05) is 13.7 Å².